The topological polar surface area (TPSA) is 49.7 Å². The number of aromatic hydroxyl groups is 1. The van der Waals surface area contributed by atoms with E-state index in [-0.39, 0.29) is 29.4 Å². The van der Waals surface area contributed by atoms with Gasteiger partial charge in [0.25, 0.3) is 0 Å². The van der Waals surface area contributed by atoms with Gasteiger partial charge in [0.1, 0.15) is 24.0 Å². The van der Waals surface area contributed by atoms with E-state index in [4.69, 9.17) is 4.74 Å². The van der Waals surface area contributed by atoms with E-state index >= 15 is 0 Å². The Morgan fingerprint density at radius 1 is 0.897 bits per heavy atom. The number of benzene rings is 2. The lowest BCUT2D eigenvalue weighted by Gasteiger charge is -2.26. The molecular formula is C23H29F3O3. The third-order valence-corrected chi connectivity index (χ3v) is 5.59. The number of halogens is 3. The van der Waals surface area contributed by atoms with Crippen molar-refractivity contribution < 1.29 is 28.1 Å². The van der Waals surface area contributed by atoms with Crippen molar-refractivity contribution in [2.45, 2.75) is 51.8 Å². The molecule has 2 rings (SSSR count). The normalized spacial score (nSPS) is 15.2. The highest BCUT2D eigenvalue weighted by Crippen LogP contribution is 2.40. The van der Waals surface area contributed by atoms with E-state index in [9.17, 15) is 23.4 Å². The number of aliphatic hydroxyl groups is 1. The summed E-state index contributed by atoms with van der Waals surface area (Å²) >= 11 is 0. The minimum absolute atomic E-state index is 0.0541. The number of phenolic OH excluding ortho intramolecular Hbond substituents is 1. The molecule has 2 aromatic rings. The maximum absolute atomic E-state index is 13.7. The fourth-order valence-electron chi connectivity index (χ4n) is 3.67. The van der Waals surface area contributed by atoms with E-state index in [2.05, 4.69) is 13.8 Å². The highest BCUT2D eigenvalue weighted by Gasteiger charge is 2.41. The Labute approximate surface area is 170 Å². The molecule has 3 atom stereocenters. The van der Waals surface area contributed by atoms with Gasteiger partial charge in [-0.2, -0.15) is 13.2 Å². The number of rotatable bonds is 9. The molecule has 2 aromatic carbocycles. The van der Waals surface area contributed by atoms with Crippen LogP contribution in [0.2, 0.25) is 0 Å². The zero-order valence-electron chi connectivity index (χ0n) is 17.0. The summed E-state index contributed by atoms with van der Waals surface area (Å²) < 4.78 is 46.6. The van der Waals surface area contributed by atoms with Gasteiger partial charge in [0.05, 0.1) is 6.10 Å². The second-order valence-corrected chi connectivity index (χ2v) is 7.45. The Kier molecular flexibility index (Phi) is 7.96. The van der Waals surface area contributed by atoms with Crippen molar-refractivity contribution in [3.8, 4) is 11.5 Å². The first-order chi connectivity index (χ1) is 13.7. The van der Waals surface area contributed by atoms with Crippen LogP contribution in [0.4, 0.5) is 13.2 Å². The van der Waals surface area contributed by atoms with Crippen LogP contribution in [0.25, 0.3) is 0 Å². The number of phenols is 1. The molecule has 0 fully saturated rings. The average Bonchev–Trinajstić information content (AvgIpc) is 2.68. The van der Waals surface area contributed by atoms with Gasteiger partial charge in [-0.25, -0.2) is 0 Å². The Bertz CT molecular complexity index is 737. The predicted octanol–water partition coefficient (Wildman–Crippen LogP) is 5.90. The molecule has 160 valence electrons. The number of hydrogen-bond acceptors (Lipinski definition) is 3. The van der Waals surface area contributed by atoms with Crippen LogP contribution in [-0.4, -0.2) is 29.1 Å². The molecule has 0 aliphatic carbocycles. The quantitative estimate of drug-likeness (QED) is 0.541. The monoisotopic (exact) mass is 410 g/mol. The average molecular weight is 410 g/mol. The second kappa shape index (κ2) is 10.0. The third kappa shape index (κ3) is 6.13. The fourth-order valence-corrected chi connectivity index (χ4v) is 3.67. The van der Waals surface area contributed by atoms with Crippen LogP contribution in [0.5, 0.6) is 11.5 Å². The first kappa shape index (κ1) is 23.1. The summed E-state index contributed by atoms with van der Waals surface area (Å²) in [5.41, 5.74) is 0.139. The lowest BCUT2D eigenvalue weighted by atomic mass is 9.85. The van der Waals surface area contributed by atoms with Gasteiger partial charge >= 0.3 is 6.18 Å². The first-order valence-electron chi connectivity index (χ1n) is 9.93. The molecule has 0 aliphatic heterocycles. The standard InChI is InChI=1S/C23H29F3O3/c1-4-16(5-2)15(3)21(28)14-29-20-12-8-18(9-13-20)22(23(24,25)26)17-6-10-19(27)11-7-17/h6-13,15-16,21-22,27-28H,4-5,14H2,1-3H3. The molecular weight excluding hydrogens is 381 g/mol. The zero-order chi connectivity index (χ0) is 21.6. The van der Waals surface area contributed by atoms with Gasteiger partial charge in [0.15, 0.2) is 0 Å². The second-order valence-electron chi connectivity index (χ2n) is 7.45. The van der Waals surface area contributed by atoms with E-state index in [1.54, 1.807) is 0 Å². The summed E-state index contributed by atoms with van der Waals surface area (Å²) in [7, 11) is 0. The van der Waals surface area contributed by atoms with Gasteiger partial charge in [0.2, 0.25) is 0 Å². The molecule has 6 heteroatoms. The highest BCUT2D eigenvalue weighted by molar-refractivity contribution is 5.39. The van der Waals surface area contributed by atoms with E-state index < -0.39 is 18.2 Å². The Morgan fingerprint density at radius 3 is 1.83 bits per heavy atom. The van der Waals surface area contributed by atoms with Crippen molar-refractivity contribution in [2.24, 2.45) is 11.8 Å². The molecule has 3 unspecified atom stereocenters. The van der Waals surface area contributed by atoms with Gasteiger partial charge in [0, 0.05) is 0 Å². The first-order valence-corrected chi connectivity index (χ1v) is 9.93. The van der Waals surface area contributed by atoms with Crippen LogP contribution in [-0.2, 0) is 0 Å². The molecule has 0 radical (unpaired) electrons. The molecule has 0 spiro atoms. The minimum Gasteiger partial charge on any atom is -0.508 e. The van der Waals surface area contributed by atoms with Crippen molar-refractivity contribution in [1.29, 1.82) is 0 Å². The van der Waals surface area contributed by atoms with Crippen molar-refractivity contribution in [1.82, 2.24) is 0 Å². The minimum atomic E-state index is -4.47. The van der Waals surface area contributed by atoms with E-state index in [1.807, 2.05) is 6.92 Å². The number of alkyl halides is 3. The van der Waals surface area contributed by atoms with Gasteiger partial charge in [-0.15, -0.1) is 0 Å². The van der Waals surface area contributed by atoms with Gasteiger partial charge in [-0.05, 0) is 47.2 Å². The van der Waals surface area contributed by atoms with Crippen molar-refractivity contribution >= 4 is 0 Å². The number of hydrogen-bond donors (Lipinski definition) is 2. The van der Waals surface area contributed by atoms with Crippen molar-refractivity contribution in [2.75, 3.05) is 6.61 Å². The molecule has 0 bridgehead atoms. The van der Waals surface area contributed by atoms with Crippen LogP contribution in [0.1, 0.15) is 50.7 Å². The summed E-state index contributed by atoms with van der Waals surface area (Å²) in [5, 5.41) is 19.7. The molecule has 0 amide bonds. The fraction of sp³-hybridized carbons (Fsp3) is 0.478. The van der Waals surface area contributed by atoms with E-state index in [1.165, 1.54) is 48.5 Å². The van der Waals surface area contributed by atoms with Crippen LogP contribution in [0.15, 0.2) is 48.5 Å². The molecule has 0 heterocycles. The van der Waals surface area contributed by atoms with Gasteiger partial charge < -0.3 is 14.9 Å². The van der Waals surface area contributed by atoms with Crippen LogP contribution < -0.4 is 4.74 Å². The predicted molar refractivity (Wildman–Crippen MR) is 107 cm³/mol. The third-order valence-electron chi connectivity index (χ3n) is 5.59. The zero-order valence-corrected chi connectivity index (χ0v) is 17.0. The molecule has 0 saturated heterocycles. The van der Waals surface area contributed by atoms with Crippen LogP contribution >= 0.6 is 0 Å². The Morgan fingerprint density at radius 2 is 1.38 bits per heavy atom. The van der Waals surface area contributed by atoms with Gasteiger partial charge in [-0.1, -0.05) is 57.9 Å². The Hall–Kier alpha value is -2.21. The van der Waals surface area contributed by atoms with Crippen molar-refractivity contribution in [3.05, 3.63) is 59.7 Å². The van der Waals surface area contributed by atoms with Crippen LogP contribution in [0, 0.1) is 11.8 Å². The smallest absolute Gasteiger partial charge is 0.399 e. The molecule has 0 aromatic heterocycles. The maximum Gasteiger partial charge on any atom is 0.399 e. The number of aliphatic hydroxyl groups excluding tert-OH is 1. The van der Waals surface area contributed by atoms with Crippen LogP contribution in [0.3, 0.4) is 0 Å². The lowest BCUT2D eigenvalue weighted by Crippen LogP contribution is -2.30. The summed E-state index contributed by atoms with van der Waals surface area (Å²) in [6.45, 7) is 6.25. The number of ether oxygens (including phenoxy) is 1. The van der Waals surface area contributed by atoms with E-state index in [0.29, 0.717) is 11.7 Å². The molecule has 3 nitrogen and oxygen atoms in total. The van der Waals surface area contributed by atoms with E-state index in [0.717, 1.165) is 12.8 Å². The lowest BCUT2D eigenvalue weighted by molar-refractivity contribution is -0.141. The SMILES string of the molecule is CCC(CC)C(C)C(O)COc1ccc(C(c2ccc(O)cc2)C(F)(F)F)cc1. The molecule has 2 N–H and O–H groups in total. The largest absolute Gasteiger partial charge is 0.508 e. The molecule has 0 saturated carbocycles. The summed E-state index contributed by atoms with van der Waals surface area (Å²) in [6.07, 6.45) is -3.17. The Balaban J connectivity index is 2.10. The molecule has 29 heavy (non-hydrogen) atoms. The molecule has 0 aliphatic rings. The van der Waals surface area contributed by atoms with Crippen molar-refractivity contribution in [3.63, 3.8) is 0 Å². The maximum atomic E-state index is 13.7. The summed E-state index contributed by atoms with van der Waals surface area (Å²) in [6, 6.07) is 10.8. The summed E-state index contributed by atoms with van der Waals surface area (Å²) in [4.78, 5) is 0. The van der Waals surface area contributed by atoms with Gasteiger partial charge in [-0.3, -0.25) is 0 Å². The summed E-state index contributed by atoms with van der Waals surface area (Å²) in [5.74, 6) is -0.990. The highest BCUT2D eigenvalue weighted by atomic mass is 19.4.